The van der Waals surface area contributed by atoms with Crippen molar-refractivity contribution in [3.63, 3.8) is 0 Å². The van der Waals surface area contributed by atoms with Crippen LogP contribution < -0.4 is 5.32 Å². The number of hydrogen-bond acceptors (Lipinski definition) is 2. The van der Waals surface area contributed by atoms with E-state index in [1.807, 2.05) is 51.1 Å². The molecule has 1 amide bonds. The molecule has 0 aliphatic heterocycles. The van der Waals surface area contributed by atoms with E-state index in [9.17, 15) is 4.79 Å². The Morgan fingerprint density at radius 3 is 2.40 bits per heavy atom. The highest BCUT2D eigenvalue weighted by molar-refractivity contribution is 5.67. The highest BCUT2D eigenvalue weighted by atomic mass is 16.5. The zero-order valence-corrected chi connectivity index (χ0v) is 9.41. The van der Waals surface area contributed by atoms with Gasteiger partial charge in [-0.1, -0.05) is 30.3 Å². The maximum atomic E-state index is 11.3. The van der Waals surface area contributed by atoms with Crippen LogP contribution in [0.3, 0.4) is 0 Å². The lowest BCUT2D eigenvalue weighted by Gasteiger charge is -2.19. The van der Waals surface area contributed by atoms with E-state index in [2.05, 4.69) is 5.32 Å². The van der Waals surface area contributed by atoms with E-state index in [0.717, 1.165) is 5.56 Å². The average Bonchev–Trinajstić information content (AvgIpc) is 2.14. The van der Waals surface area contributed by atoms with Gasteiger partial charge in [-0.05, 0) is 26.3 Å². The van der Waals surface area contributed by atoms with Crippen molar-refractivity contribution >= 4 is 6.09 Å². The molecule has 1 rings (SSSR count). The van der Waals surface area contributed by atoms with Gasteiger partial charge in [-0.2, -0.15) is 0 Å². The maximum absolute atomic E-state index is 11.3. The minimum absolute atomic E-state index is 0.383. The van der Waals surface area contributed by atoms with Gasteiger partial charge in [-0.3, -0.25) is 0 Å². The summed E-state index contributed by atoms with van der Waals surface area (Å²) < 4.78 is 5.11. The van der Waals surface area contributed by atoms with Gasteiger partial charge < -0.3 is 10.1 Å². The molecule has 0 radical (unpaired) electrons. The summed E-state index contributed by atoms with van der Waals surface area (Å²) in [4.78, 5) is 11.3. The van der Waals surface area contributed by atoms with Crippen molar-refractivity contribution < 1.29 is 9.53 Å². The van der Waals surface area contributed by atoms with Gasteiger partial charge in [0.1, 0.15) is 5.60 Å². The van der Waals surface area contributed by atoms with Gasteiger partial charge in [0.2, 0.25) is 0 Å². The Bertz CT molecular complexity index is 314. The summed E-state index contributed by atoms with van der Waals surface area (Å²) in [5.74, 6) is 0. The van der Waals surface area contributed by atoms with Crippen LogP contribution >= 0.6 is 0 Å². The molecule has 0 aliphatic carbocycles. The van der Waals surface area contributed by atoms with Gasteiger partial charge in [0.05, 0.1) is 0 Å². The third kappa shape index (κ3) is 5.05. The monoisotopic (exact) mass is 206 g/mol. The lowest BCUT2D eigenvalue weighted by atomic mass is 9.60. The number of alkyl carbamates (subject to hydrolysis) is 1. The number of nitrogens with one attached hydrogen (secondary N) is 1. The molecule has 3 nitrogen and oxygen atoms in total. The molecule has 1 aromatic carbocycles. The SMILES string of the molecule is C[11C](C)(C)OC(=O)NCc1ccccc1. The van der Waals surface area contributed by atoms with E-state index in [0.29, 0.717) is 6.54 Å². The van der Waals surface area contributed by atoms with Gasteiger partial charge in [0, 0.05) is 6.54 Å². The molecule has 0 unspecified atom stereocenters. The molecule has 0 fully saturated rings. The highest BCUT2D eigenvalue weighted by Crippen LogP contribution is 2.06. The van der Waals surface area contributed by atoms with Crippen molar-refractivity contribution in [1.29, 1.82) is 0 Å². The van der Waals surface area contributed by atoms with Crippen LogP contribution in [-0.4, -0.2) is 11.7 Å². The molecule has 0 aliphatic rings. The normalized spacial score (nSPS) is 10.9. The zero-order valence-electron chi connectivity index (χ0n) is 9.41. The molecule has 82 valence electrons. The number of carbonyl (C=O) groups excluding carboxylic acids is 1. The summed E-state index contributed by atoms with van der Waals surface area (Å²) in [6.07, 6.45) is -0.383. The number of benzene rings is 1. The van der Waals surface area contributed by atoms with Gasteiger partial charge >= 0.3 is 6.09 Å². The smallest absolute Gasteiger partial charge is 0.407 e. The number of amides is 1. The first-order valence-electron chi connectivity index (χ1n) is 4.98. The van der Waals surface area contributed by atoms with Crippen LogP contribution in [0.1, 0.15) is 26.3 Å². The van der Waals surface area contributed by atoms with E-state index >= 15 is 0 Å². The molecule has 0 atom stereocenters. The lowest BCUT2D eigenvalue weighted by molar-refractivity contribution is 0.0523. The number of hydrogen-bond donors (Lipinski definition) is 1. The summed E-state index contributed by atoms with van der Waals surface area (Å²) in [5, 5.41) is 2.69. The third-order valence-electron chi connectivity index (χ3n) is 1.68. The second-order valence-corrected chi connectivity index (χ2v) is 4.34. The number of ether oxygens (including phenoxy) is 1. The molecular formula is C12H17NO2. The fourth-order valence-corrected chi connectivity index (χ4v) is 1.08. The van der Waals surface area contributed by atoms with E-state index in [4.69, 9.17) is 4.74 Å². The van der Waals surface area contributed by atoms with E-state index in [1.165, 1.54) is 0 Å². The fourth-order valence-electron chi connectivity index (χ4n) is 1.08. The summed E-state index contributed by atoms with van der Waals surface area (Å²) in [7, 11) is 0. The van der Waals surface area contributed by atoms with Gasteiger partial charge in [-0.25, -0.2) is 4.79 Å². The second-order valence-electron chi connectivity index (χ2n) is 4.34. The maximum Gasteiger partial charge on any atom is 0.407 e. The Morgan fingerprint density at radius 2 is 1.87 bits per heavy atom. The Hall–Kier alpha value is -1.51. The predicted molar refractivity (Wildman–Crippen MR) is 59.5 cm³/mol. The van der Waals surface area contributed by atoms with Gasteiger partial charge in [0.15, 0.2) is 0 Å². The van der Waals surface area contributed by atoms with Crippen molar-refractivity contribution in [3.05, 3.63) is 35.9 Å². The summed E-state index contributed by atoms with van der Waals surface area (Å²) in [6, 6.07) is 9.73. The van der Waals surface area contributed by atoms with Crippen molar-refractivity contribution in [2.75, 3.05) is 0 Å². The first kappa shape index (κ1) is 11.6. The van der Waals surface area contributed by atoms with Crippen LogP contribution in [0.15, 0.2) is 30.3 Å². The Kier molecular flexibility index (Phi) is 3.72. The number of carbonyl (C=O) groups is 1. The van der Waals surface area contributed by atoms with Crippen LogP contribution in [0.25, 0.3) is 0 Å². The highest BCUT2D eigenvalue weighted by Gasteiger charge is 2.15. The number of rotatable bonds is 2. The van der Waals surface area contributed by atoms with Crippen LogP contribution in [-0.2, 0) is 11.3 Å². The van der Waals surface area contributed by atoms with E-state index in [-0.39, 0.29) is 6.09 Å². The Morgan fingerprint density at radius 1 is 1.27 bits per heavy atom. The molecule has 0 saturated heterocycles. The molecular weight excluding hydrogens is 189 g/mol. The molecule has 0 heterocycles. The fraction of sp³-hybridized carbons (Fsp3) is 0.417. The van der Waals surface area contributed by atoms with Crippen LogP contribution in [0.5, 0.6) is 0 Å². The van der Waals surface area contributed by atoms with Crippen LogP contribution in [0, 0.1) is 0 Å². The topological polar surface area (TPSA) is 38.3 Å². The third-order valence-corrected chi connectivity index (χ3v) is 1.68. The predicted octanol–water partition coefficient (Wildman–Crippen LogP) is 2.71. The first-order valence-corrected chi connectivity index (χ1v) is 4.98. The minimum atomic E-state index is -0.444. The molecule has 15 heavy (non-hydrogen) atoms. The first-order chi connectivity index (χ1) is 6.97. The van der Waals surface area contributed by atoms with Crippen LogP contribution in [0.2, 0.25) is 0 Å². The summed E-state index contributed by atoms with van der Waals surface area (Å²) in [6.45, 7) is 6.02. The second kappa shape index (κ2) is 4.82. The van der Waals surface area contributed by atoms with Gasteiger partial charge in [-0.15, -0.1) is 0 Å². The quantitative estimate of drug-likeness (QED) is 0.808. The van der Waals surface area contributed by atoms with E-state index < -0.39 is 5.60 Å². The molecule has 0 bridgehead atoms. The van der Waals surface area contributed by atoms with Crippen molar-refractivity contribution in [3.8, 4) is 0 Å². The lowest BCUT2D eigenvalue weighted by Crippen LogP contribution is -2.32. The molecule has 1 N–H and O–H groups in total. The average molecular weight is 206 g/mol. The molecule has 0 saturated carbocycles. The zero-order chi connectivity index (χ0) is 11.3. The van der Waals surface area contributed by atoms with E-state index in [1.54, 1.807) is 0 Å². The van der Waals surface area contributed by atoms with Crippen molar-refractivity contribution in [2.24, 2.45) is 0 Å². The standard InChI is InChI=1S/C12H17NO2/c1-12(2,3)15-11(14)13-9-10-7-5-4-6-8-10/h4-8H,9H2,1-3H3,(H,13,14)/i12-1. The van der Waals surface area contributed by atoms with Crippen molar-refractivity contribution in [2.45, 2.75) is 32.9 Å². The van der Waals surface area contributed by atoms with Crippen LogP contribution in [0.4, 0.5) is 4.79 Å². The summed E-state index contributed by atoms with van der Waals surface area (Å²) in [5.41, 5.74) is 0.615. The molecule has 1 aromatic rings. The van der Waals surface area contributed by atoms with Gasteiger partial charge in [0.25, 0.3) is 0 Å². The largest absolute Gasteiger partial charge is 0.444 e. The minimum Gasteiger partial charge on any atom is -0.444 e. The molecule has 0 aromatic heterocycles. The molecule has 0 spiro atoms. The Labute approximate surface area is 90.4 Å². The van der Waals surface area contributed by atoms with Crippen molar-refractivity contribution in [1.82, 2.24) is 5.32 Å². The Balaban J connectivity index is 2.35. The molecule has 3 heteroatoms. The summed E-state index contributed by atoms with van der Waals surface area (Å²) >= 11 is 0.